The Balaban J connectivity index is 1.93. The third kappa shape index (κ3) is 3.50. The third-order valence-corrected chi connectivity index (χ3v) is 6.11. The summed E-state index contributed by atoms with van der Waals surface area (Å²) in [5.74, 6) is -1.61. The zero-order valence-corrected chi connectivity index (χ0v) is 18.6. The van der Waals surface area contributed by atoms with Crippen LogP contribution in [-0.4, -0.2) is 15.5 Å². The lowest BCUT2D eigenvalue weighted by molar-refractivity contribution is 0.101. The molecule has 4 aromatic rings. The van der Waals surface area contributed by atoms with Crippen molar-refractivity contribution in [3.8, 4) is 11.9 Å². The van der Waals surface area contributed by atoms with Gasteiger partial charge in [-0.25, -0.2) is 4.39 Å². The number of aromatic nitrogens is 1. The van der Waals surface area contributed by atoms with Crippen molar-refractivity contribution in [1.82, 2.24) is 4.57 Å². The van der Waals surface area contributed by atoms with Gasteiger partial charge in [-0.2, -0.15) is 5.26 Å². The second kappa shape index (κ2) is 8.06. The minimum atomic E-state index is -0.735. The smallest absolute Gasteiger partial charge is 0.271 e. The number of ketones is 1. The average Bonchev–Trinajstić information content (AvgIpc) is 3.12. The van der Waals surface area contributed by atoms with Gasteiger partial charge in [-0.3, -0.25) is 14.2 Å². The molecule has 7 heteroatoms. The molecular weight excluding hydrogens is 423 g/mol. The van der Waals surface area contributed by atoms with E-state index in [0.29, 0.717) is 16.7 Å². The molecule has 0 saturated carbocycles. The first-order chi connectivity index (χ1) is 15.6. The highest BCUT2D eigenvalue weighted by molar-refractivity contribution is 6.13. The molecule has 0 aliphatic rings. The summed E-state index contributed by atoms with van der Waals surface area (Å²) in [5.41, 5.74) is 2.52. The van der Waals surface area contributed by atoms with E-state index >= 15 is 0 Å². The van der Waals surface area contributed by atoms with Crippen LogP contribution in [0.15, 0.2) is 45.6 Å². The van der Waals surface area contributed by atoms with E-state index in [-0.39, 0.29) is 29.0 Å². The molecule has 0 aliphatic carbocycles. The van der Waals surface area contributed by atoms with E-state index in [2.05, 4.69) is 0 Å². The Hall–Kier alpha value is -4.18. The van der Waals surface area contributed by atoms with Gasteiger partial charge in [0.1, 0.15) is 23.0 Å². The predicted molar refractivity (Wildman–Crippen MR) is 121 cm³/mol. The zero-order valence-electron chi connectivity index (χ0n) is 18.6. The van der Waals surface area contributed by atoms with Gasteiger partial charge in [0.2, 0.25) is 11.7 Å². The first-order valence-corrected chi connectivity index (χ1v) is 10.3. The van der Waals surface area contributed by atoms with Crippen molar-refractivity contribution in [1.29, 1.82) is 5.26 Å². The molecule has 2 heterocycles. The molecule has 166 valence electrons. The Morgan fingerprint density at radius 2 is 1.73 bits per heavy atom. The number of carbonyl (C=O) groups is 1. The summed E-state index contributed by atoms with van der Waals surface area (Å²) in [6.45, 7) is 6.89. The van der Waals surface area contributed by atoms with Crippen molar-refractivity contribution < 1.29 is 18.7 Å². The molecule has 0 amide bonds. The Morgan fingerprint density at radius 1 is 1.06 bits per heavy atom. The maximum absolute atomic E-state index is 13.6. The molecule has 0 saturated heterocycles. The molecule has 6 nitrogen and oxygen atoms in total. The SMILES string of the molecule is Cc1ccc2c(C)c(C(=O)c3c(C)c(C#N)c(=O)n(Cc4ccc(F)cc4)c3O)oc2c1C. The number of fused-ring (bicyclic) bond motifs is 1. The van der Waals surface area contributed by atoms with Gasteiger partial charge in [-0.05, 0) is 62.1 Å². The van der Waals surface area contributed by atoms with Gasteiger partial charge < -0.3 is 9.52 Å². The molecule has 0 fully saturated rings. The Labute approximate surface area is 189 Å². The molecule has 0 radical (unpaired) electrons. The van der Waals surface area contributed by atoms with Crippen LogP contribution in [0.5, 0.6) is 5.88 Å². The molecule has 0 aliphatic heterocycles. The number of hydrogen-bond donors (Lipinski definition) is 1. The summed E-state index contributed by atoms with van der Waals surface area (Å²) in [5, 5.41) is 21.4. The van der Waals surface area contributed by atoms with E-state index < -0.39 is 23.0 Å². The summed E-state index contributed by atoms with van der Waals surface area (Å²) >= 11 is 0. The number of hydrogen-bond acceptors (Lipinski definition) is 5. The second-order valence-corrected chi connectivity index (χ2v) is 8.10. The molecule has 33 heavy (non-hydrogen) atoms. The molecule has 0 atom stereocenters. The Bertz CT molecular complexity index is 1540. The van der Waals surface area contributed by atoms with Gasteiger partial charge in [0.15, 0.2) is 5.76 Å². The number of halogens is 1. The molecule has 0 unspecified atom stereocenters. The van der Waals surface area contributed by atoms with E-state index in [1.807, 2.05) is 32.0 Å². The van der Waals surface area contributed by atoms with Crippen LogP contribution in [0.3, 0.4) is 0 Å². The summed E-state index contributed by atoms with van der Waals surface area (Å²) in [4.78, 5) is 26.5. The van der Waals surface area contributed by atoms with Gasteiger partial charge in [0.25, 0.3) is 5.56 Å². The minimum Gasteiger partial charge on any atom is -0.494 e. The number of benzene rings is 2. The van der Waals surface area contributed by atoms with Crippen LogP contribution in [0.4, 0.5) is 4.39 Å². The van der Waals surface area contributed by atoms with Crippen molar-refractivity contribution in [3.05, 3.63) is 97.3 Å². The maximum Gasteiger partial charge on any atom is 0.271 e. The highest BCUT2D eigenvalue weighted by Gasteiger charge is 2.29. The van der Waals surface area contributed by atoms with Crippen molar-refractivity contribution >= 4 is 16.8 Å². The molecule has 0 spiro atoms. The fourth-order valence-electron chi connectivity index (χ4n) is 3.99. The van der Waals surface area contributed by atoms with Crippen LogP contribution in [0.2, 0.25) is 0 Å². The predicted octanol–water partition coefficient (Wildman–Crippen LogP) is 4.82. The lowest BCUT2D eigenvalue weighted by Crippen LogP contribution is -2.27. The third-order valence-electron chi connectivity index (χ3n) is 6.11. The number of aromatic hydroxyl groups is 1. The maximum atomic E-state index is 13.6. The van der Waals surface area contributed by atoms with Crippen LogP contribution in [-0.2, 0) is 6.54 Å². The monoisotopic (exact) mass is 444 g/mol. The number of furan rings is 1. The minimum absolute atomic E-state index is 0.0352. The number of nitrogens with zero attached hydrogens (tertiary/aromatic N) is 2. The quantitative estimate of drug-likeness (QED) is 0.455. The van der Waals surface area contributed by atoms with E-state index in [4.69, 9.17) is 4.42 Å². The van der Waals surface area contributed by atoms with E-state index in [0.717, 1.165) is 21.1 Å². The van der Waals surface area contributed by atoms with Crippen LogP contribution in [0.25, 0.3) is 11.0 Å². The summed E-state index contributed by atoms with van der Waals surface area (Å²) in [6, 6.07) is 11.0. The van der Waals surface area contributed by atoms with Crippen molar-refractivity contribution in [2.45, 2.75) is 34.2 Å². The van der Waals surface area contributed by atoms with Crippen molar-refractivity contribution in [2.75, 3.05) is 0 Å². The van der Waals surface area contributed by atoms with Crippen LogP contribution in [0.1, 0.15) is 49.5 Å². The number of carbonyl (C=O) groups excluding carboxylic acids is 1. The van der Waals surface area contributed by atoms with Gasteiger partial charge >= 0.3 is 0 Å². The van der Waals surface area contributed by atoms with Crippen LogP contribution < -0.4 is 5.56 Å². The van der Waals surface area contributed by atoms with Gasteiger partial charge in [-0.15, -0.1) is 0 Å². The lowest BCUT2D eigenvalue weighted by atomic mass is 9.98. The van der Waals surface area contributed by atoms with Gasteiger partial charge in [0.05, 0.1) is 12.1 Å². The first kappa shape index (κ1) is 22.0. The largest absolute Gasteiger partial charge is 0.494 e. The normalized spacial score (nSPS) is 11.0. The Morgan fingerprint density at radius 3 is 2.36 bits per heavy atom. The van der Waals surface area contributed by atoms with Crippen LogP contribution >= 0.6 is 0 Å². The number of pyridine rings is 1. The summed E-state index contributed by atoms with van der Waals surface area (Å²) in [7, 11) is 0. The van der Waals surface area contributed by atoms with E-state index in [1.165, 1.54) is 31.2 Å². The molecule has 2 aromatic heterocycles. The first-order valence-electron chi connectivity index (χ1n) is 10.3. The topological polar surface area (TPSA) is 96.2 Å². The number of nitriles is 1. The highest BCUT2D eigenvalue weighted by Crippen LogP contribution is 2.33. The highest BCUT2D eigenvalue weighted by atomic mass is 19.1. The van der Waals surface area contributed by atoms with Gasteiger partial charge in [0, 0.05) is 10.9 Å². The second-order valence-electron chi connectivity index (χ2n) is 8.10. The number of aryl methyl sites for hydroxylation is 3. The zero-order chi connectivity index (χ0) is 24.0. The van der Waals surface area contributed by atoms with Crippen molar-refractivity contribution in [2.24, 2.45) is 0 Å². The molecule has 1 N–H and O–H groups in total. The van der Waals surface area contributed by atoms with Crippen molar-refractivity contribution in [3.63, 3.8) is 0 Å². The summed E-state index contributed by atoms with van der Waals surface area (Å²) in [6.07, 6.45) is 0. The summed E-state index contributed by atoms with van der Waals surface area (Å²) < 4.78 is 20.2. The Kier molecular flexibility index (Phi) is 5.38. The van der Waals surface area contributed by atoms with E-state index in [9.17, 15) is 24.3 Å². The van der Waals surface area contributed by atoms with E-state index in [1.54, 1.807) is 6.92 Å². The fraction of sp³-hybridized carbons (Fsp3) is 0.192. The molecule has 2 aromatic carbocycles. The van der Waals surface area contributed by atoms with Crippen LogP contribution in [0, 0.1) is 44.8 Å². The average molecular weight is 444 g/mol. The lowest BCUT2D eigenvalue weighted by Gasteiger charge is -2.15. The standard InChI is InChI=1S/C26H21FN2O4/c1-13-5-10-19-16(4)24(33-23(19)14(13)2)22(30)21-15(3)20(11-28)25(31)29(26(21)32)12-17-6-8-18(27)9-7-17/h5-10,32H,12H2,1-4H3. The molecule has 4 rings (SSSR count). The van der Waals surface area contributed by atoms with Gasteiger partial charge in [-0.1, -0.05) is 24.3 Å². The number of rotatable bonds is 4. The molecule has 0 bridgehead atoms. The molecular formula is C26H21FN2O4. The fourth-order valence-corrected chi connectivity index (χ4v) is 3.99.